The van der Waals surface area contributed by atoms with Gasteiger partial charge in [-0.15, -0.1) is 11.3 Å². The van der Waals surface area contributed by atoms with Crippen LogP contribution < -0.4 is 0 Å². The molecule has 0 unspecified atom stereocenters. The van der Waals surface area contributed by atoms with E-state index in [4.69, 9.17) is 4.98 Å². The van der Waals surface area contributed by atoms with E-state index in [9.17, 15) is 5.11 Å². The largest absolute Gasteiger partial charge is 0.507 e. The van der Waals surface area contributed by atoms with Crippen LogP contribution in [0.25, 0.3) is 53.1 Å². The average molecular weight is 351 g/mol. The molecule has 2 nitrogen and oxygen atoms in total. The fourth-order valence-corrected chi connectivity index (χ4v) is 5.03. The Hall–Kier alpha value is -3.17. The number of aromatic nitrogens is 1. The highest BCUT2D eigenvalue weighted by molar-refractivity contribution is 7.21. The van der Waals surface area contributed by atoms with Crippen LogP contribution in [0, 0.1) is 0 Å². The van der Waals surface area contributed by atoms with Gasteiger partial charge in [-0.25, -0.2) is 4.98 Å². The van der Waals surface area contributed by atoms with Crippen molar-refractivity contribution in [3.8, 4) is 16.3 Å². The summed E-state index contributed by atoms with van der Waals surface area (Å²) in [4.78, 5) is 4.91. The molecule has 0 amide bonds. The van der Waals surface area contributed by atoms with Gasteiger partial charge in [0.25, 0.3) is 0 Å². The number of phenols is 1. The molecule has 3 heteroatoms. The predicted molar refractivity (Wildman–Crippen MR) is 110 cm³/mol. The lowest BCUT2D eigenvalue weighted by molar-refractivity contribution is 0.477. The molecular weight excluding hydrogens is 338 g/mol. The first-order valence-electron chi connectivity index (χ1n) is 8.55. The van der Waals surface area contributed by atoms with Crippen LogP contribution in [0.1, 0.15) is 0 Å². The second-order valence-corrected chi connectivity index (χ2v) is 7.65. The van der Waals surface area contributed by atoms with Crippen LogP contribution >= 0.6 is 11.3 Å². The van der Waals surface area contributed by atoms with Crippen molar-refractivity contribution in [1.82, 2.24) is 4.98 Å². The summed E-state index contributed by atoms with van der Waals surface area (Å²) in [5, 5.41) is 18.6. The number of rotatable bonds is 1. The van der Waals surface area contributed by atoms with Crippen LogP contribution in [0.5, 0.6) is 5.75 Å². The van der Waals surface area contributed by atoms with Crippen molar-refractivity contribution in [3.63, 3.8) is 0 Å². The summed E-state index contributed by atoms with van der Waals surface area (Å²) in [7, 11) is 0. The van der Waals surface area contributed by atoms with Crippen LogP contribution in [-0.2, 0) is 0 Å². The molecule has 0 fully saturated rings. The summed E-state index contributed by atoms with van der Waals surface area (Å²) in [6.07, 6.45) is 0. The maximum atomic E-state index is 10.2. The fourth-order valence-electron chi connectivity index (χ4n) is 3.96. The van der Waals surface area contributed by atoms with Crippen molar-refractivity contribution in [2.45, 2.75) is 0 Å². The minimum absolute atomic E-state index is 0.271. The molecule has 0 radical (unpaired) electrons. The van der Waals surface area contributed by atoms with Gasteiger partial charge in [-0.1, -0.05) is 54.6 Å². The Morgan fingerprint density at radius 2 is 1.50 bits per heavy atom. The van der Waals surface area contributed by atoms with Gasteiger partial charge in [0.15, 0.2) is 0 Å². The van der Waals surface area contributed by atoms with Gasteiger partial charge < -0.3 is 5.11 Å². The van der Waals surface area contributed by atoms with Gasteiger partial charge in [0.2, 0.25) is 0 Å². The molecule has 0 aliphatic carbocycles. The third-order valence-corrected chi connectivity index (χ3v) is 6.17. The summed E-state index contributed by atoms with van der Waals surface area (Å²) in [5.74, 6) is 0.271. The van der Waals surface area contributed by atoms with Crippen molar-refractivity contribution in [1.29, 1.82) is 0 Å². The van der Waals surface area contributed by atoms with E-state index in [1.54, 1.807) is 17.4 Å². The molecule has 6 aromatic rings. The van der Waals surface area contributed by atoms with Gasteiger partial charge in [0.05, 0.1) is 15.8 Å². The third kappa shape index (κ3) is 1.78. The Kier molecular flexibility index (Phi) is 2.66. The molecule has 122 valence electrons. The number of benzene rings is 5. The number of hydrogen-bond donors (Lipinski definition) is 1. The van der Waals surface area contributed by atoms with Gasteiger partial charge in [0, 0.05) is 5.39 Å². The van der Waals surface area contributed by atoms with E-state index in [1.165, 1.54) is 32.3 Å². The van der Waals surface area contributed by atoms with E-state index in [0.29, 0.717) is 0 Å². The minimum atomic E-state index is 0.271. The summed E-state index contributed by atoms with van der Waals surface area (Å²) < 4.78 is 1.15. The van der Waals surface area contributed by atoms with Crippen LogP contribution in [0.3, 0.4) is 0 Å². The van der Waals surface area contributed by atoms with Crippen molar-refractivity contribution in [2.75, 3.05) is 0 Å². The molecular formula is C23H13NOS. The quantitative estimate of drug-likeness (QED) is 0.340. The smallest absolute Gasteiger partial charge is 0.128 e. The maximum Gasteiger partial charge on any atom is 0.128 e. The zero-order chi connectivity index (χ0) is 17.3. The van der Waals surface area contributed by atoms with Crippen molar-refractivity contribution in [2.24, 2.45) is 0 Å². The standard InChI is InChI=1S/C23H13NOS/c25-18-7-2-1-6-16(18)23-24-22-17-11-10-14-5-3-4-13-8-9-15(12-19(22)26-23)21(17)20(13)14/h1-12,25H. The van der Waals surface area contributed by atoms with E-state index >= 15 is 0 Å². The van der Waals surface area contributed by atoms with E-state index in [2.05, 4.69) is 48.5 Å². The van der Waals surface area contributed by atoms with E-state index < -0.39 is 0 Å². The summed E-state index contributed by atoms with van der Waals surface area (Å²) in [6.45, 7) is 0. The molecule has 1 N–H and O–H groups in total. The van der Waals surface area contributed by atoms with E-state index in [1.807, 2.05) is 18.2 Å². The monoisotopic (exact) mass is 351 g/mol. The molecule has 1 heterocycles. The lowest BCUT2D eigenvalue weighted by Gasteiger charge is -2.10. The fraction of sp³-hybridized carbons (Fsp3) is 0. The zero-order valence-corrected chi connectivity index (χ0v) is 14.5. The summed E-state index contributed by atoms with van der Waals surface area (Å²) in [6, 6.07) is 24.8. The molecule has 0 aliphatic rings. The van der Waals surface area contributed by atoms with Crippen LogP contribution in [-0.4, -0.2) is 10.1 Å². The number of fused-ring (bicyclic) bond motifs is 2. The van der Waals surface area contributed by atoms with E-state index in [0.717, 1.165) is 20.8 Å². The molecule has 0 saturated carbocycles. The topological polar surface area (TPSA) is 33.1 Å². The first kappa shape index (κ1) is 14.0. The number of hydrogen-bond acceptors (Lipinski definition) is 3. The third-order valence-electron chi connectivity index (χ3n) is 5.14. The zero-order valence-electron chi connectivity index (χ0n) is 13.7. The lowest BCUT2D eigenvalue weighted by atomic mass is 9.94. The number of thiazole rings is 1. The first-order chi connectivity index (χ1) is 12.8. The van der Waals surface area contributed by atoms with Crippen molar-refractivity contribution >= 4 is 53.9 Å². The van der Waals surface area contributed by atoms with Crippen molar-refractivity contribution < 1.29 is 5.11 Å². The Morgan fingerprint density at radius 3 is 2.35 bits per heavy atom. The number of para-hydroxylation sites is 1. The highest BCUT2D eigenvalue weighted by Crippen LogP contribution is 2.42. The summed E-state index contributed by atoms with van der Waals surface area (Å²) in [5.41, 5.74) is 1.80. The number of phenolic OH excluding ortho intramolecular Hbond substituents is 1. The Balaban J connectivity index is 1.79. The molecule has 0 saturated heterocycles. The maximum absolute atomic E-state index is 10.2. The lowest BCUT2D eigenvalue weighted by Crippen LogP contribution is -1.84. The van der Waals surface area contributed by atoms with Gasteiger partial charge in [-0.3, -0.25) is 0 Å². The van der Waals surface area contributed by atoms with Gasteiger partial charge in [-0.05, 0) is 45.1 Å². The highest BCUT2D eigenvalue weighted by atomic mass is 32.1. The molecule has 0 bridgehead atoms. The number of aromatic hydroxyl groups is 1. The normalized spacial score (nSPS) is 12.0. The Morgan fingerprint density at radius 1 is 0.731 bits per heavy atom. The van der Waals surface area contributed by atoms with Gasteiger partial charge in [-0.2, -0.15) is 0 Å². The summed E-state index contributed by atoms with van der Waals surface area (Å²) >= 11 is 1.63. The molecule has 1 aromatic heterocycles. The van der Waals surface area contributed by atoms with Gasteiger partial charge >= 0.3 is 0 Å². The van der Waals surface area contributed by atoms with Crippen molar-refractivity contribution in [3.05, 3.63) is 72.8 Å². The molecule has 6 rings (SSSR count). The molecule has 5 aromatic carbocycles. The highest BCUT2D eigenvalue weighted by Gasteiger charge is 2.15. The molecule has 0 atom stereocenters. The Labute approximate surface area is 153 Å². The van der Waals surface area contributed by atoms with Gasteiger partial charge in [0.1, 0.15) is 10.8 Å². The minimum Gasteiger partial charge on any atom is -0.507 e. The SMILES string of the molecule is Oc1ccccc1-c1nc2c(cc3ccc4cccc5ccc2c3c45)s1. The van der Waals surface area contributed by atoms with Crippen LogP contribution in [0.15, 0.2) is 72.8 Å². The molecule has 0 spiro atoms. The van der Waals surface area contributed by atoms with E-state index in [-0.39, 0.29) is 5.75 Å². The Bertz CT molecular complexity index is 1430. The molecule has 0 aliphatic heterocycles. The second-order valence-electron chi connectivity index (χ2n) is 6.62. The molecule has 26 heavy (non-hydrogen) atoms. The van der Waals surface area contributed by atoms with Crippen LogP contribution in [0.4, 0.5) is 0 Å². The number of nitrogens with zero attached hydrogens (tertiary/aromatic N) is 1. The predicted octanol–water partition coefficient (Wildman–Crippen LogP) is 6.57. The van der Waals surface area contributed by atoms with Crippen LogP contribution in [0.2, 0.25) is 0 Å². The second kappa shape index (κ2) is 4.93. The average Bonchev–Trinajstić information content (AvgIpc) is 3.10. The first-order valence-corrected chi connectivity index (χ1v) is 9.37.